The van der Waals surface area contributed by atoms with E-state index in [1.165, 1.54) is 0 Å². The smallest absolute Gasteiger partial charge is 0.181 e. The van der Waals surface area contributed by atoms with Gasteiger partial charge in [-0.2, -0.15) is 0 Å². The zero-order chi connectivity index (χ0) is 12.7. The molecule has 5 heteroatoms. The minimum atomic E-state index is -0.0431. The number of hydrogen-bond donors (Lipinski definition) is 2. The quantitative estimate of drug-likeness (QED) is 0.829. The fourth-order valence-corrected chi connectivity index (χ4v) is 2.92. The Kier molecular flexibility index (Phi) is 3.18. The Labute approximate surface area is 118 Å². The largest absolute Gasteiger partial charge is 0.360 e. The van der Waals surface area contributed by atoms with Crippen molar-refractivity contribution in [3.8, 4) is 0 Å². The number of aromatic nitrogens is 1. The van der Waals surface area contributed by atoms with Gasteiger partial charge in [-0.25, -0.2) is 0 Å². The number of nitrogens with one attached hydrogen (secondary N) is 2. The lowest BCUT2D eigenvalue weighted by Crippen LogP contribution is -2.30. The topological polar surface area (TPSA) is 44.9 Å². The van der Waals surface area contributed by atoms with Gasteiger partial charge in [-0.15, -0.1) is 0 Å². The fourth-order valence-electron chi connectivity index (χ4n) is 2.42. The molecule has 1 fully saturated rings. The van der Waals surface area contributed by atoms with Crippen LogP contribution in [-0.2, 0) is 0 Å². The minimum absolute atomic E-state index is 0.0431. The third-order valence-electron chi connectivity index (χ3n) is 3.36. The molecule has 1 aliphatic rings. The van der Waals surface area contributed by atoms with Gasteiger partial charge in [0.05, 0.1) is 11.1 Å². The molecule has 1 unspecified atom stereocenters. The van der Waals surface area contributed by atoms with Crippen molar-refractivity contribution in [2.24, 2.45) is 0 Å². The van der Waals surface area contributed by atoms with E-state index in [-0.39, 0.29) is 11.8 Å². The molecule has 3 rings (SSSR count). The van der Waals surface area contributed by atoms with Crippen LogP contribution in [0.1, 0.15) is 23.2 Å². The second kappa shape index (κ2) is 4.68. The summed E-state index contributed by atoms with van der Waals surface area (Å²) in [4.78, 5) is 15.5. The van der Waals surface area contributed by atoms with E-state index in [0.29, 0.717) is 5.02 Å². The van der Waals surface area contributed by atoms with Crippen LogP contribution in [0.4, 0.5) is 0 Å². The summed E-state index contributed by atoms with van der Waals surface area (Å²) in [5.41, 5.74) is 1.63. The first-order chi connectivity index (χ1) is 8.66. The van der Waals surface area contributed by atoms with Gasteiger partial charge in [0, 0.05) is 27.1 Å². The van der Waals surface area contributed by atoms with Crippen LogP contribution < -0.4 is 5.32 Å². The number of Topliss-reactive ketones (excluding diaryl/α,β-unsaturated/α-hetero) is 1. The highest BCUT2D eigenvalue weighted by molar-refractivity contribution is 9.10. The number of fused-ring (bicyclic) bond motifs is 1. The molecule has 1 aromatic carbocycles. The van der Waals surface area contributed by atoms with Gasteiger partial charge in [0.25, 0.3) is 0 Å². The zero-order valence-corrected chi connectivity index (χ0v) is 11.9. The maximum atomic E-state index is 12.4. The molecule has 0 saturated carbocycles. The lowest BCUT2D eigenvalue weighted by molar-refractivity contribution is 0.0954. The van der Waals surface area contributed by atoms with Crippen molar-refractivity contribution in [2.45, 2.75) is 18.9 Å². The number of hydrogen-bond acceptors (Lipinski definition) is 2. The molecule has 1 saturated heterocycles. The standard InChI is InChI=1S/C13H12BrClN2O/c14-9-4-7-8(6-17-12(7)5-10(9)15)13(18)11-2-1-3-16-11/h4-6,11,16-17H,1-3H2. The Morgan fingerprint density at radius 1 is 1.44 bits per heavy atom. The predicted octanol–water partition coefficient (Wildman–Crippen LogP) is 3.52. The van der Waals surface area contributed by atoms with E-state index in [4.69, 9.17) is 11.6 Å². The van der Waals surface area contributed by atoms with Gasteiger partial charge in [0.15, 0.2) is 5.78 Å². The number of carbonyl (C=O) groups is 1. The van der Waals surface area contributed by atoms with E-state index < -0.39 is 0 Å². The van der Waals surface area contributed by atoms with Gasteiger partial charge in [-0.1, -0.05) is 11.6 Å². The highest BCUT2D eigenvalue weighted by Gasteiger charge is 2.25. The number of ketones is 1. The molecule has 0 aliphatic carbocycles. The van der Waals surface area contributed by atoms with Crippen LogP contribution in [0.15, 0.2) is 22.8 Å². The highest BCUT2D eigenvalue weighted by atomic mass is 79.9. The molecule has 1 atom stereocenters. The molecule has 94 valence electrons. The molecule has 0 radical (unpaired) electrons. The molecule has 0 spiro atoms. The van der Waals surface area contributed by atoms with Crippen molar-refractivity contribution >= 4 is 44.2 Å². The van der Waals surface area contributed by atoms with E-state index in [0.717, 1.165) is 40.3 Å². The van der Waals surface area contributed by atoms with Crippen LogP contribution in [0.3, 0.4) is 0 Å². The summed E-state index contributed by atoms with van der Waals surface area (Å²) < 4.78 is 0.810. The Bertz CT molecular complexity index is 617. The van der Waals surface area contributed by atoms with Gasteiger partial charge in [-0.3, -0.25) is 4.79 Å². The molecule has 2 heterocycles. The predicted molar refractivity (Wildman–Crippen MR) is 76.4 cm³/mol. The first kappa shape index (κ1) is 12.2. The van der Waals surface area contributed by atoms with Crippen LogP contribution in [-0.4, -0.2) is 23.4 Å². The van der Waals surface area contributed by atoms with E-state index in [9.17, 15) is 4.79 Å². The zero-order valence-electron chi connectivity index (χ0n) is 9.59. The Morgan fingerprint density at radius 3 is 3.00 bits per heavy atom. The molecule has 2 N–H and O–H groups in total. The van der Waals surface area contributed by atoms with Crippen molar-refractivity contribution < 1.29 is 4.79 Å². The van der Waals surface area contributed by atoms with Crippen molar-refractivity contribution in [3.05, 3.63) is 33.4 Å². The van der Waals surface area contributed by atoms with Gasteiger partial charge < -0.3 is 10.3 Å². The van der Waals surface area contributed by atoms with Crippen LogP contribution >= 0.6 is 27.5 Å². The molecule has 2 aromatic rings. The summed E-state index contributed by atoms with van der Waals surface area (Å²) >= 11 is 9.43. The maximum Gasteiger partial charge on any atom is 0.181 e. The number of benzene rings is 1. The van der Waals surface area contributed by atoms with Crippen molar-refractivity contribution in [3.63, 3.8) is 0 Å². The van der Waals surface area contributed by atoms with Gasteiger partial charge in [0.1, 0.15) is 0 Å². The molecular formula is C13H12BrClN2O. The Balaban J connectivity index is 2.06. The molecule has 1 aliphatic heterocycles. The fraction of sp³-hybridized carbons (Fsp3) is 0.308. The van der Waals surface area contributed by atoms with Gasteiger partial charge >= 0.3 is 0 Å². The lowest BCUT2D eigenvalue weighted by Gasteiger charge is -2.07. The van der Waals surface area contributed by atoms with Gasteiger partial charge in [0.2, 0.25) is 0 Å². The molecule has 3 nitrogen and oxygen atoms in total. The first-order valence-electron chi connectivity index (χ1n) is 5.90. The van der Waals surface area contributed by atoms with Crippen molar-refractivity contribution in [1.29, 1.82) is 0 Å². The average Bonchev–Trinajstić information content (AvgIpc) is 2.98. The molecule has 0 bridgehead atoms. The van der Waals surface area contributed by atoms with E-state index in [2.05, 4.69) is 26.2 Å². The Morgan fingerprint density at radius 2 is 2.28 bits per heavy atom. The maximum absolute atomic E-state index is 12.4. The summed E-state index contributed by atoms with van der Waals surface area (Å²) in [6.07, 6.45) is 3.75. The number of carbonyl (C=O) groups excluding carboxylic acids is 1. The highest BCUT2D eigenvalue weighted by Crippen LogP contribution is 2.30. The average molecular weight is 328 g/mol. The molecule has 0 amide bonds. The first-order valence-corrected chi connectivity index (χ1v) is 7.07. The molecule has 1 aromatic heterocycles. The summed E-state index contributed by atoms with van der Waals surface area (Å²) in [5, 5.41) is 4.80. The molecule has 18 heavy (non-hydrogen) atoms. The van der Waals surface area contributed by atoms with Crippen molar-refractivity contribution in [2.75, 3.05) is 6.54 Å². The van der Waals surface area contributed by atoms with Crippen LogP contribution in [0.2, 0.25) is 5.02 Å². The van der Waals surface area contributed by atoms with Gasteiger partial charge in [-0.05, 0) is 47.4 Å². The third-order valence-corrected chi connectivity index (χ3v) is 4.56. The van der Waals surface area contributed by atoms with Crippen LogP contribution in [0.5, 0.6) is 0 Å². The number of aromatic amines is 1. The summed E-state index contributed by atoms with van der Waals surface area (Å²) in [6, 6.07) is 3.69. The second-order valence-electron chi connectivity index (χ2n) is 4.53. The van der Waals surface area contributed by atoms with Crippen LogP contribution in [0, 0.1) is 0 Å². The van der Waals surface area contributed by atoms with Crippen LogP contribution in [0.25, 0.3) is 10.9 Å². The second-order valence-corrected chi connectivity index (χ2v) is 5.79. The summed E-state index contributed by atoms with van der Waals surface area (Å²) in [7, 11) is 0. The third kappa shape index (κ3) is 1.98. The van der Waals surface area contributed by atoms with E-state index in [1.807, 2.05) is 12.1 Å². The monoisotopic (exact) mass is 326 g/mol. The summed E-state index contributed by atoms with van der Waals surface area (Å²) in [5.74, 6) is 0.160. The number of rotatable bonds is 2. The molecular weight excluding hydrogens is 316 g/mol. The Hall–Kier alpha value is -0.840. The SMILES string of the molecule is O=C(c1c[nH]c2cc(Cl)c(Br)cc12)C1CCCN1. The lowest BCUT2D eigenvalue weighted by atomic mass is 10.0. The normalized spacial score (nSPS) is 19.6. The number of H-pyrrole nitrogens is 1. The van der Waals surface area contributed by atoms with E-state index >= 15 is 0 Å². The summed E-state index contributed by atoms with van der Waals surface area (Å²) in [6.45, 7) is 0.925. The minimum Gasteiger partial charge on any atom is -0.360 e. The van der Waals surface area contributed by atoms with Crippen molar-refractivity contribution in [1.82, 2.24) is 10.3 Å². The van der Waals surface area contributed by atoms with E-state index in [1.54, 1.807) is 6.20 Å². The number of halogens is 2.